The van der Waals surface area contributed by atoms with E-state index in [9.17, 15) is 14.0 Å². The molecule has 30 heavy (non-hydrogen) atoms. The van der Waals surface area contributed by atoms with Crippen molar-refractivity contribution in [1.29, 1.82) is 0 Å². The normalized spacial score (nSPS) is 11.9. The molecule has 0 saturated heterocycles. The topological polar surface area (TPSA) is 49.4 Å². The maximum atomic E-state index is 13.1. The summed E-state index contributed by atoms with van der Waals surface area (Å²) in [5, 5.41) is 2.94. The lowest BCUT2D eigenvalue weighted by Gasteiger charge is -2.31. The molecule has 1 atom stereocenters. The summed E-state index contributed by atoms with van der Waals surface area (Å²) in [6, 6.07) is 13.8. The van der Waals surface area contributed by atoms with Gasteiger partial charge in [-0.05, 0) is 50.5 Å². The lowest BCUT2D eigenvalue weighted by atomic mass is 10.1. The first-order valence-electron chi connectivity index (χ1n) is 10.3. The number of halogens is 1. The maximum Gasteiger partial charge on any atom is 0.243 e. The molecule has 1 N–H and O–H groups in total. The molecule has 0 heterocycles. The molecule has 0 aliphatic carbocycles. The van der Waals surface area contributed by atoms with E-state index in [1.54, 1.807) is 17.0 Å². The second-order valence-electron chi connectivity index (χ2n) is 7.72. The van der Waals surface area contributed by atoms with Crippen molar-refractivity contribution in [2.24, 2.45) is 0 Å². The predicted molar refractivity (Wildman–Crippen MR) is 122 cm³/mol. The van der Waals surface area contributed by atoms with Gasteiger partial charge in [0.2, 0.25) is 11.8 Å². The number of carbonyl (C=O) groups is 2. The molecule has 0 unspecified atom stereocenters. The summed E-state index contributed by atoms with van der Waals surface area (Å²) in [5.41, 5.74) is 3.08. The lowest BCUT2D eigenvalue weighted by Crippen LogP contribution is -2.50. The van der Waals surface area contributed by atoms with Crippen molar-refractivity contribution in [2.75, 3.05) is 5.75 Å². The van der Waals surface area contributed by atoms with Crippen molar-refractivity contribution in [3.05, 3.63) is 71.0 Å². The summed E-state index contributed by atoms with van der Waals surface area (Å²) in [6.07, 6.45) is 0.540. The van der Waals surface area contributed by atoms with Crippen molar-refractivity contribution in [3.8, 4) is 0 Å². The number of nitrogens with one attached hydrogen (secondary N) is 1. The van der Waals surface area contributed by atoms with Gasteiger partial charge in [-0.3, -0.25) is 9.59 Å². The van der Waals surface area contributed by atoms with E-state index in [1.165, 1.54) is 23.9 Å². The zero-order valence-corrected chi connectivity index (χ0v) is 19.0. The first-order chi connectivity index (χ1) is 14.3. The van der Waals surface area contributed by atoms with Crippen molar-refractivity contribution in [2.45, 2.75) is 58.5 Å². The van der Waals surface area contributed by atoms with E-state index in [0.29, 0.717) is 18.7 Å². The molecule has 2 amide bonds. The molecule has 0 bridgehead atoms. The van der Waals surface area contributed by atoms with Crippen LogP contribution in [0.2, 0.25) is 0 Å². The van der Waals surface area contributed by atoms with Gasteiger partial charge < -0.3 is 10.2 Å². The van der Waals surface area contributed by atoms with Crippen LogP contribution in [0.3, 0.4) is 0 Å². The summed E-state index contributed by atoms with van der Waals surface area (Å²) in [6.45, 7) is 8.15. The number of benzene rings is 2. The molecule has 0 radical (unpaired) electrons. The van der Waals surface area contributed by atoms with Gasteiger partial charge in [0.05, 0.1) is 5.75 Å². The van der Waals surface area contributed by atoms with Crippen LogP contribution in [-0.2, 0) is 21.9 Å². The minimum atomic E-state index is -0.521. The molecule has 4 nitrogen and oxygen atoms in total. The van der Waals surface area contributed by atoms with Crippen molar-refractivity contribution in [1.82, 2.24) is 10.2 Å². The quantitative estimate of drug-likeness (QED) is 0.594. The average Bonchev–Trinajstić information content (AvgIpc) is 2.68. The zero-order chi connectivity index (χ0) is 22.1. The van der Waals surface area contributed by atoms with E-state index in [2.05, 4.69) is 5.32 Å². The maximum absolute atomic E-state index is 13.1. The molecule has 6 heteroatoms. The molecule has 0 aliphatic rings. The van der Waals surface area contributed by atoms with E-state index in [4.69, 9.17) is 0 Å². The Labute approximate surface area is 183 Å². The van der Waals surface area contributed by atoms with Gasteiger partial charge in [0, 0.05) is 18.3 Å². The Bertz CT molecular complexity index is 839. The van der Waals surface area contributed by atoms with Crippen LogP contribution in [0.1, 0.15) is 43.9 Å². The highest BCUT2D eigenvalue weighted by molar-refractivity contribution is 7.99. The number of hydrogen-bond donors (Lipinski definition) is 1. The van der Waals surface area contributed by atoms with Crippen LogP contribution >= 0.6 is 11.8 Å². The van der Waals surface area contributed by atoms with E-state index in [0.717, 1.165) is 16.7 Å². The predicted octanol–water partition coefficient (Wildman–Crippen LogP) is 4.70. The van der Waals surface area contributed by atoms with Crippen LogP contribution in [0.15, 0.2) is 48.5 Å². The number of thioether (sulfide) groups is 1. The molecule has 0 aromatic heterocycles. The van der Waals surface area contributed by atoms with Gasteiger partial charge in [-0.2, -0.15) is 0 Å². The minimum Gasteiger partial charge on any atom is -0.352 e. The SMILES string of the molecule is CC[C@@H](C(=O)NC(C)C)N(Cc1cccc(C)c1)C(=O)CSCc1ccc(F)cc1. The second kappa shape index (κ2) is 11.7. The van der Waals surface area contributed by atoms with Gasteiger partial charge in [0.1, 0.15) is 11.9 Å². The van der Waals surface area contributed by atoms with E-state index >= 15 is 0 Å². The zero-order valence-electron chi connectivity index (χ0n) is 18.2. The van der Waals surface area contributed by atoms with Crippen LogP contribution in [0, 0.1) is 12.7 Å². The number of carbonyl (C=O) groups excluding carboxylic acids is 2. The largest absolute Gasteiger partial charge is 0.352 e. The molecule has 0 saturated carbocycles. The van der Waals surface area contributed by atoms with Crippen LogP contribution in [-0.4, -0.2) is 34.6 Å². The summed E-state index contributed by atoms with van der Waals surface area (Å²) in [4.78, 5) is 27.6. The Morgan fingerprint density at radius 2 is 1.80 bits per heavy atom. The number of aryl methyl sites for hydroxylation is 1. The highest BCUT2D eigenvalue weighted by Crippen LogP contribution is 2.18. The highest BCUT2D eigenvalue weighted by atomic mass is 32.2. The van der Waals surface area contributed by atoms with Gasteiger partial charge in [-0.15, -0.1) is 11.8 Å². The molecule has 2 aromatic rings. The Balaban J connectivity index is 2.12. The van der Waals surface area contributed by atoms with Crippen LogP contribution in [0.25, 0.3) is 0 Å². The summed E-state index contributed by atoms with van der Waals surface area (Å²) in [5.74, 6) is 0.394. The molecule has 0 spiro atoms. The first-order valence-corrected chi connectivity index (χ1v) is 11.4. The van der Waals surface area contributed by atoms with Crippen LogP contribution in [0.5, 0.6) is 0 Å². The van der Waals surface area contributed by atoms with Crippen molar-refractivity contribution in [3.63, 3.8) is 0 Å². The Morgan fingerprint density at radius 3 is 2.40 bits per heavy atom. The number of amides is 2. The third-order valence-electron chi connectivity index (χ3n) is 4.66. The molecule has 162 valence electrons. The van der Waals surface area contributed by atoms with Crippen molar-refractivity contribution < 1.29 is 14.0 Å². The molecule has 2 aromatic carbocycles. The smallest absolute Gasteiger partial charge is 0.243 e. The Morgan fingerprint density at radius 1 is 1.10 bits per heavy atom. The summed E-state index contributed by atoms with van der Waals surface area (Å²) in [7, 11) is 0. The number of nitrogens with zero attached hydrogens (tertiary/aromatic N) is 1. The fourth-order valence-corrected chi connectivity index (χ4v) is 4.10. The molecule has 0 fully saturated rings. The third-order valence-corrected chi connectivity index (χ3v) is 5.65. The molecule has 0 aliphatic heterocycles. The third kappa shape index (κ3) is 7.48. The van der Waals surface area contributed by atoms with Crippen LogP contribution in [0.4, 0.5) is 4.39 Å². The monoisotopic (exact) mass is 430 g/mol. The number of rotatable bonds is 10. The van der Waals surface area contributed by atoms with E-state index in [-0.39, 0.29) is 29.4 Å². The van der Waals surface area contributed by atoms with Gasteiger partial charge >= 0.3 is 0 Å². The fourth-order valence-electron chi connectivity index (χ4n) is 3.23. The summed E-state index contributed by atoms with van der Waals surface area (Å²) < 4.78 is 13.1. The van der Waals surface area contributed by atoms with E-state index < -0.39 is 6.04 Å². The Kier molecular flexibility index (Phi) is 9.37. The highest BCUT2D eigenvalue weighted by Gasteiger charge is 2.28. The molecule has 2 rings (SSSR count). The average molecular weight is 431 g/mol. The van der Waals surface area contributed by atoms with Gasteiger partial charge in [-0.25, -0.2) is 4.39 Å². The van der Waals surface area contributed by atoms with Gasteiger partial charge in [0.15, 0.2) is 0 Å². The first kappa shape index (κ1) is 23.9. The molecular formula is C24H31FN2O2S. The minimum absolute atomic E-state index is 0.00956. The summed E-state index contributed by atoms with van der Waals surface area (Å²) >= 11 is 1.47. The molecular weight excluding hydrogens is 399 g/mol. The van der Waals surface area contributed by atoms with Gasteiger partial charge in [-0.1, -0.05) is 48.9 Å². The van der Waals surface area contributed by atoms with Gasteiger partial charge in [0.25, 0.3) is 0 Å². The fraction of sp³-hybridized carbons (Fsp3) is 0.417. The Hall–Kier alpha value is -2.34. The van der Waals surface area contributed by atoms with Crippen LogP contribution < -0.4 is 5.32 Å². The second-order valence-corrected chi connectivity index (χ2v) is 8.70. The van der Waals surface area contributed by atoms with E-state index in [1.807, 2.05) is 52.0 Å². The lowest BCUT2D eigenvalue weighted by molar-refractivity contribution is -0.139. The standard InChI is InChI=1S/C24H31FN2O2S/c1-5-22(24(29)26-17(2)3)27(14-20-8-6-7-18(4)13-20)23(28)16-30-15-19-9-11-21(25)12-10-19/h6-13,17,22H,5,14-16H2,1-4H3,(H,26,29)/t22-/m0/s1. The van der Waals surface area contributed by atoms with Crippen molar-refractivity contribution >= 4 is 23.6 Å². The number of hydrogen-bond acceptors (Lipinski definition) is 3.